The first-order valence-corrected chi connectivity index (χ1v) is 11.3. The summed E-state index contributed by atoms with van der Waals surface area (Å²) in [5.74, 6) is 1.61. The molecule has 1 aliphatic carbocycles. The highest BCUT2D eigenvalue weighted by Crippen LogP contribution is 2.53. The van der Waals surface area contributed by atoms with Crippen LogP contribution in [0.3, 0.4) is 0 Å². The van der Waals surface area contributed by atoms with E-state index in [0.29, 0.717) is 12.3 Å². The fourth-order valence-electron chi connectivity index (χ4n) is 5.18. The van der Waals surface area contributed by atoms with E-state index in [1.54, 1.807) is 7.11 Å². The number of likely N-dealkylation sites (N-methyl/N-ethyl adjacent to an activating group) is 1. The minimum atomic E-state index is -0.747. The number of amides is 2. The van der Waals surface area contributed by atoms with Gasteiger partial charge in [0.15, 0.2) is 11.5 Å². The maximum Gasteiger partial charge on any atom is 0.414 e. The van der Waals surface area contributed by atoms with E-state index in [4.69, 9.17) is 19.9 Å². The number of hydrogen-bond donors (Lipinski definition) is 2. The summed E-state index contributed by atoms with van der Waals surface area (Å²) in [7, 11) is 3.72. The van der Waals surface area contributed by atoms with Gasteiger partial charge in [-0.2, -0.15) is 0 Å². The molecule has 4 rings (SSSR count). The van der Waals surface area contributed by atoms with Crippen LogP contribution in [-0.4, -0.2) is 55.9 Å². The van der Waals surface area contributed by atoms with Crippen LogP contribution >= 0.6 is 0 Å². The molecule has 4 unspecified atom stereocenters. The number of nitrogens with two attached hydrogens (primary N) is 1. The van der Waals surface area contributed by atoms with Gasteiger partial charge in [-0.1, -0.05) is 19.9 Å². The van der Waals surface area contributed by atoms with E-state index in [0.717, 1.165) is 36.6 Å². The molecule has 2 amide bonds. The van der Waals surface area contributed by atoms with E-state index in [1.807, 2.05) is 26.0 Å². The van der Waals surface area contributed by atoms with E-state index in [9.17, 15) is 9.59 Å². The summed E-state index contributed by atoms with van der Waals surface area (Å²) in [6, 6.07) is 3.77. The van der Waals surface area contributed by atoms with Gasteiger partial charge >= 0.3 is 6.09 Å². The van der Waals surface area contributed by atoms with Crippen molar-refractivity contribution in [2.75, 3.05) is 20.7 Å². The first-order chi connectivity index (χ1) is 15.2. The monoisotopic (exact) mass is 443 g/mol. The molecule has 3 aliphatic rings. The van der Waals surface area contributed by atoms with Crippen LogP contribution in [0.1, 0.15) is 50.2 Å². The second-order valence-corrected chi connectivity index (χ2v) is 9.54. The molecule has 0 fully saturated rings. The maximum absolute atomic E-state index is 12.4. The van der Waals surface area contributed by atoms with Crippen LogP contribution < -0.4 is 20.5 Å². The Kier molecular flexibility index (Phi) is 6.44. The largest absolute Gasteiger partial charge is 0.493 e. The highest BCUT2D eigenvalue weighted by atomic mass is 16.6. The van der Waals surface area contributed by atoms with Gasteiger partial charge in [0.2, 0.25) is 5.91 Å². The normalized spacial score (nSPS) is 24.7. The number of imide groups is 1. The zero-order chi connectivity index (χ0) is 23.0. The highest BCUT2D eigenvalue weighted by molar-refractivity contribution is 5.92. The van der Waals surface area contributed by atoms with E-state index in [2.05, 4.69) is 23.3 Å². The lowest BCUT2D eigenvalue weighted by Crippen LogP contribution is -2.40. The third-order valence-corrected chi connectivity index (χ3v) is 6.30. The van der Waals surface area contributed by atoms with Crippen molar-refractivity contribution < 1.29 is 23.8 Å². The molecule has 0 bridgehead atoms. The van der Waals surface area contributed by atoms with Crippen LogP contribution in [0.25, 0.3) is 0 Å². The van der Waals surface area contributed by atoms with Crippen LogP contribution in [0.5, 0.6) is 11.5 Å². The van der Waals surface area contributed by atoms with Crippen LogP contribution in [0, 0.1) is 5.92 Å². The fourth-order valence-corrected chi connectivity index (χ4v) is 5.18. The summed E-state index contributed by atoms with van der Waals surface area (Å²) < 4.78 is 17.5. The van der Waals surface area contributed by atoms with Crippen molar-refractivity contribution in [1.82, 2.24) is 10.2 Å². The zero-order valence-corrected chi connectivity index (χ0v) is 19.2. The van der Waals surface area contributed by atoms with Crippen molar-refractivity contribution in [2.45, 2.75) is 63.8 Å². The molecule has 8 nitrogen and oxygen atoms in total. The maximum atomic E-state index is 12.4. The lowest BCUT2D eigenvalue weighted by molar-refractivity contribution is -0.120. The van der Waals surface area contributed by atoms with Crippen molar-refractivity contribution in [3.8, 4) is 11.5 Å². The van der Waals surface area contributed by atoms with Gasteiger partial charge in [0.25, 0.3) is 0 Å². The molecule has 8 heteroatoms. The first kappa shape index (κ1) is 22.6. The lowest BCUT2D eigenvalue weighted by Gasteiger charge is -2.31. The minimum absolute atomic E-state index is 0.0928. The Bertz CT molecular complexity index is 928. The number of methoxy groups -OCH3 is 1. The van der Waals surface area contributed by atoms with Crippen molar-refractivity contribution in [3.05, 3.63) is 34.9 Å². The summed E-state index contributed by atoms with van der Waals surface area (Å²) in [5, 5.41) is 2.31. The smallest absolute Gasteiger partial charge is 0.414 e. The van der Waals surface area contributed by atoms with Crippen molar-refractivity contribution >= 4 is 12.0 Å². The Hall–Kier alpha value is -2.58. The Morgan fingerprint density at radius 1 is 1.31 bits per heavy atom. The Morgan fingerprint density at radius 3 is 2.81 bits per heavy atom. The molecule has 0 aromatic heterocycles. The number of nitrogens with one attached hydrogen (secondary N) is 1. The molecule has 2 heterocycles. The molecule has 2 aliphatic heterocycles. The number of carbonyl (C=O) groups excluding carboxylic acids is 2. The average molecular weight is 444 g/mol. The van der Waals surface area contributed by atoms with Gasteiger partial charge in [-0.25, -0.2) is 4.79 Å². The number of benzene rings is 1. The molecular weight excluding hydrogens is 410 g/mol. The zero-order valence-electron chi connectivity index (χ0n) is 19.2. The molecule has 3 N–H and O–H groups in total. The molecule has 1 aromatic rings. The molecular formula is C24H33N3O5. The van der Waals surface area contributed by atoms with Gasteiger partial charge in [-0.05, 0) is 42.7 Å². The second-order valence-electron chi connectivity index (χ2n) is 9.54. The summed E-state index contributed by atoms with van der Waals surface area (Å²) in [6.07, 6.45) is 1.98. The molecule has 4 atom stereocenters. The molecule has 32 heavy (non-hydrogen) atoms. The summed E-state index contributed by atoms with van der Waals surface area (Å²) in [4.78, 5) is 26.8. The van der Waals surface area contributed by atoms with Gasteiger partial charge in [-0.3, -0.25) is 15.0 Å². The minimum Gasteiger partial charge on any atom is -0.493 e. The Labute approximate surface area is 189 Å². The van der Waals surface area contributed by atoms with Gasteiger partial charge in [0.1, 0.15) is 12.2 Å². The Morgan fingerprint density at radius 2 is 2.09 bits per heavy atom. The summed E-state index contributed by atoms with van der Waals surface area (Å²) in [5.41, 5.74) is 9.56. The number of rotatable bonds is 6. The van der Waals surface area contributed by atoms with Crippen LogP contribution in [-0.2, 0) is 16.1 Å². The third-order valence-electron chi connectivity index (χ3n) is 6.30. The summed E-state index contributed by atoms with van der Waals surface area (Å²) >= 11 is 0. The van der Waals surface area contributed by atoms with Crippen LogP contribution in [0.2, 0.25) is 0 Å². The van der Waals surface area contributed by atoms with Gasteiger partial charge in [0.05, 0.1) is 7.11 Å². The first-order valence-electron chi connectivity index (χ1n) is 11.3. The molecule has 174 valence electrons. The molecule has 0 spiro atoms. The second kappa shape index (κ2) is 9.11. The SMILES string of the molecule is COc1ccc2c3c1OC1CC(OC(=O)NC(=O)CC(N)CC(C)C)C=C(CN(C)C2)C31. The molecule has 1 aromatic carbocycles. The van der Waals surface area contributed by atoms with Gasteiger partial charge in [-0.15, -0.1) is 0 Å². The van der Waals surface area contributed by atoms with Crippen molar-refractivity contribution in [2.24, 2.45) is 11.7 Å². The van der Waals surface area contributed by atoms with Gasteiger partial charge < -0.3 is 19.9 Å². The Balaban J connectivity index is 1.46. The number of alkyl carbamates (subject to hydrolysis) is 1. The van der Waals surface area contributed by atoms with Crippen molar-refractivity contribution in [3.63, 3.8) is 0 Å². The predicted octanol–water partition coefficient (Wildman–Crippen LogP) is 2.70. The quantitative estimate of drug-likeness (QED) is 0.652. The van der Waals surface area contributed by atoms with E-state index in [-0.39, 0.29) is 24.5 Å². The van der Waals surface area contributed by atoms with Gasteiger partial charge in [0, 0.05) is 43.5 Å². The topological polar surface area (TPSA) is 103 Å². The number of nitrogens with zero attached hydrogens (tertiary/aromatic N) is 1. The molecule has 0 saturated heterocycles. The highest BCUT2D eigenvalue weighted by Gasteiger charge is 2.46. The van der Waals surface area contributed by atoms with E-state index in [1.165, 1.54) is 11.1 Å². The summed E-state index contributed by atoms with van der Waals surface area (Å²) in [6.45, 7) is 5.66. The lowest BCUT2D eigenvalue weighted by atomic mass is 9.80. The molecule has 0 radical (unpaired) electrons. The fraction of sp³-hybridized carbons (Fsp3) is 0.583. The van der Waals surface area contributed by atoms with E-state index < -0.39 is 18.1 Å². The number of carbonyl (C=O) groups is 2. The van der Waals surface area contributed by atoms with Crippen LogP contribution in [0.4, 0.5) is 4.79 Å². The van der Waals surface area contributed by atoms with Crippen molar-refractivity contribution in [1.29, 1.82) is 0 Å². The van der Waals surface area contributed by atoms with E-state index >= 15 is 0 Å². The average Bonchev–Trinajstić information content (AvgIpc) is 2.99. The standard InChI is InChI=1S/C24H33N3O5/c1-13(2)7-16(25)9-20(28)26-24(29)31-17-8-15-12-27(3)11-14-5-6-18(30-4)23-22(14)21(15)19(10-17)32-23/h5-6,8,13,16-17,19,21H,7,9-12,25H2,1-4H3,(H,26,28,29). The third kappa shape index (κ3) is 4.61. The predicted molar refractivity (Wildman–Crippen MR) is 120 cm³/mol. The molecule has 0 saturated carbocycles. The number of ether oxygens (including phenoxy) is 3. The number of hydrogen-bond acceptors (Lipinski definition) is 7. The van der Waals surface area contributed by atoms with Crippen LogP contribution in [0.15, 0.2) is 23.8 Å².